The second-order valence-corrected chi connectivity index (χ2v) is 7.44. The lowest BCUT2D eigenvalue weighted by molar-refractivity contribution is 0.102. The van der Waals surface area contributed by atoms with Gasteiger partial charge in [-0.1, -0.05) is 12.1 Å². The van der Waals surface area contributed by atoms with Gasteiger partial charge in [0.2, 0.25) is 10.0 Å². The van der Waals surface area contributed by atoms with Gasteiger partial charge >= 0.3 is 0 Å². The summed E-state index contributed by atoms with van der Waals surface area (Å²) >= 11 is 0. The van der Waals surface area contributed by atoms with E-state index in [9.17, 15) is 18.3 Å². The van der Waals surface area contributed by atoms with Gasteiger partial charge in [-0.25, -0.2) is 12.7 Å². The van der Waals surface area contributed by atoms with Crippen LogP contribution in [0.25, 0.3) is 0 Å². The highest BCUT2D eigenvalue weighted by Crippen LogP contribution is 2.25. The van der Waals surface area contributed by atoms with Gasteiger partial charge in [-0.15, -0.1) is 0 Å². The quantitative estimate of drug-likeness (QED) is 0.839. The fourth-order valence-electron chi connectivity index (χ4n) is 1.95. The van der Waals surface area contributed by atoms with Crippen LogP contribution in [0.4, 0.5) is 5.69 Å². The molecule has 0 spiro atoms. The number of carbonyl (C=O) groups excluding carboxylic acids is 1. The third-order valence-corrected chi connectivity index (χ3v) is 5.09. The van der Waals surface area contributed by atoms with Crippen molar-refractivity contribution in [3.8, 4) is 5.75 Å². The van der Waals surface area contributed by atoms with Gasteiger partial charge in [0, 0.05) is 19.7 Å². The summed E-state index contributed by atoms with van der Waals surface area (Å²) in [5.74, 6) is -0.546. The van der Waals surface area contributed by atoms with Gasteiger partial charge in [0.05, 0.1) is 10.6 Å². The number of anilines is 1. The maximum Gasteiger partial charge on any atom is 0.255 e. The number of aromatic hydroxyl groups is 1. The number of nitrogens with zero attached hydrogens (tertiary/aromatic N) is 1. The van der Waals surface area contributed by atoms with E-state index in [0.29, 0.717) is 0 Å². The zero-order chi connectivity index (χ0) is 17.2. The van der Waals surface area contributed by atoms with Gasteiger partial charge in [-0.2, -0.15) is 0 Å². The first kappa shape index (κ1) is 17.0. The molecule has 2 aromatic carbocycles. The number of nitrogens with one attached hydrogen (secondary N) is 1. The van der Waals surface area contributed by atoms with Crippen molar-refractivity contribution in [1.82, 2.24) is 4.31 Å². The van der Waals surface area contributed by atoms with Crippen molar-refractivity contribution in [1.29, 1.82) is 0 Å². The smallest absolute Gasteiger partial charge is 0.255 e. The van der Waals surface area contributed by atoms with E-state index in [1.807, 2.05) is 6.92 Å². The molecular weight excluding hydrogens is 316 g/mol. The Kier molecular flexibility index (Phi) is 4.72. The molecule has 23 heavy (non-hydrogen) atoms. The first-order valence-electron chi connectivity index (χ1n) is 6.85. The topological polar surface area (TPSA) is 86.7 Å². The van der Waals surface area contributed by atoms with Gasteiger partial charge in [0.15, 0.2) is 0 Å². The van der Waals surface area contributed by atoms with Gasteiger partial charge in [0.25, 0.3) is 5.91 Å². The van der Waals surface area contributed by atoms with Crippen molar-refractivity contribution in [3.63, 3.8) is 0 Å². The summed E-state index contributed by atoms with van der Waals surface area (Å²) in [6.07, 6.45) is 0. The molecule has 122 valence electrons. The van der Waals surface area contributed by atoms with Gasteiger partial charge in [-0.05, 0) is 42.8 Å². The molecule has 0 saturated carbocycles. The molecule has 7 heteroatoms. The van der Waals surface area contributed by atoms with E-state index < -0.39 is 15.9 Å². The molecule has 0 aromatic heterocycles. The zero-order valence-electron chi connectivity index (χ0n) is 13.1. The number of sulfonamides is 1. The van der Waals surface area contributed by atoms with Crippen LogP contribution in [0.1, 0.15) is 15.9 Å². The second kappa shape index (κ2) is 6.39. The summed E-state index contributed by atoms with van der Waals surface area (Å²) in [5, 5.41) is 12.4. The van der Waals surface area contributed by atoms with E-state index in [1.165, 1.54) is 44.4 Å². The van der Waals surface area contributed by atoms with Gasteiger partial charge in [-0.3, -0.25) is 4.79 Å². The predicted octanol–water partition coefficient (Wildman–Crippen LogP) is 2.20. The van der Waals surface area contributed by atoms with Crippen LogP contribution in [0, 0.1) is 6.92 Å². The maximum absolute atomic E-state index is 12.3. The standard InChI is InChI=1S/C16H18N2O4S/c1-11-7-8-14(15(19)9-11)17-16(20)12-5-4-6-13(10-12)23(21,22)18(2)3/h4-10,19H,1-3H3,(H,17,20). The fourth-order valence-corrected chi connectivity index (χ4v) is 2.90. The SMILES string of the molecule is Cc1ccc(NC(=O)c2cccc(S(=O)(=O)N(C)C)c2)c(O)c1. The van der Waals surface area contributed by atoms with Crippen molar-refractivity contribution in [2.24, 2.45) is 0 Å². The van der Waals surface area contributed by atoms with Gasteiger partial charge < -0.3 is 10.4 Å². The van der Waals surface area contributed by atoms with Crippen LogP contribution < -0.4 is 5.32 Å². The molecule has 0 fully saturated rings. The van der Waals surface area contributed by atoms with E-state index in [1.54, 1.807) is 12.1 Å². The van der Waals surface area contributed by atoms with Gasteiger partial charge in [0.1, 0.15) is 5.75 Å². The monoisotopic (exact) mass is 334 g/mol. The first-order chi connectivity index (χ1) is 10.7. The van der Waals surface area contributed by atoms with Crippen molar-refractivity contribution < 1.29 is 18.3 Å². The zero-order valence-corrected chi connectivity index (χ0v) is 13.9. The number of hydrogen-bond donors (Lipinski definition) is 2. The molecular formula is C16H18N2O4S. The molecule has 0 saturated heterocycles. The number of aryl methyl sites for hydroxylation is 1. The number of benzene rings is 2. The third kappa shape index (κ3) is 3.69. The maximum atomic E-state index is 12.3. The number of amides is 1. The summed E-state index contributed by atoms with van der Waals surface area (Å²) in [6, 6.07) is 10.6. The van der Waals surface area contributed by atoms with Crippen LogP contribution in [0.15, 0.2) is 47.4 Å². The molecule has 2 N–H and O–H groups in total. The molecule has 6 nitrogen and oxygen atoms in total. The van der Waals surface area contributed by atoms with Crippen LogP contribution in [0.2, 0.25) is 0 Å². The van der Waals surface area contributed by atoms with Crippen LogP contribution in [0.5, 0.6) is 5.75 Å². The Hall–Kier alpha value is -2.38. The molecule has 0 aliphatic carbocycles. The number of rotatable bonds is 4. The Morgan fingerprint density at radius 1 is 1.13 bits per heavy atom. The highest BCUT2D eigenvalue weighted by molar-refractivity contribution is 7.89. The lowest BCUT2D eigenvalue weighted by Crippen LogP contribution is -2.22. The molecule has 1 amide bonds. The van der Waals surface area contributed by atoms with Crippen molar-refractivity contribution in [2.45, 2.75) is 11.8 Å². The van der Waals surface area contributed by atoms with Crippen LogP contribution >= 0.6 is 0 Å². The minimum Gasteiger partial charge on any atom is -0.506 e. The number of carbonyl (C=O) groups is 1. The number of hydrogen-bond acceptors (Lipinski definition) is 4. The fraction of sp³-hybridized carbons (Fsp3) is 0.188. The molecule has 0 aliphatic heterocycles. The summed E-state index contributed by atoms with van der Waals surface area (Å²) in [5.41, 5.74) is 1.31. The van der Waals surface area contributed by atoms with Crippen molar-refractivity contribution >= 4 is 21.6 Å². The molecule has 0 atom stereocenters. The molecule has 0 radical (unpaired) electrons. The summed E-state index contributed by atoms with van der Waals surface area (Å²) < 4.78 is 25.3. The van der Waals surface area contributed by atoms with E-state index in [0.717, 1.165) is 9.87 Å². The van der Waals surface area contributed by atoms with Crippen molar-refractivity contribution in [3.05, 3.63) is 53.6 Å². The molecule has 0 bridgehead atoms. The molecule has 0 aliphatic rings. The number of phenols is 1. The van der Waals surface area contributed by atoms with Crippen LogP contribution in [0.3, 0.4) is 0 Å². The van der Waals surface area contributed by atoms with E-state index in [4.69, 9.17) is 0 Å². The Balaban J connectivity index is 2.30. The summed E-state index contributed by atoms with van der Waals surface area (Å²) in [7, 11) is -0.770. The highest BCUT2D eigenvalue weighted by atomic mass is 32.2. The normalized spacial score (nSPS) is 11.5. The largest absolute Gasteiger partial charge is 0.506 e. The minimum absolute atomic E-state index is 0.0308. The summed E-state index contributed by atoms with van der Waals surface area (Å²) in [6.45, 7) is 1.82. The van der Waals surface area contributed by atoms with E-state index in [2.05, 4.69) is 5.32 Å². The van der Waals surface area contributed by atoms with Crippen LogP contribution in [-0.4, -0.2) is 37.8 Å². The van der Waals surface area contributed by atoms with Crippen LogP contribution in [-0.2, 0) is 10.0 Å². The van der Waals surface area contributed by atoms with Crippen molar-refractivity contribution in [2.75, 3.05) is 19.4 Å². The Morgan fingerprint density at radius 2 is 1.83 bits per heavy atom. The average molecular weight is 334 g/mol. The third-order valence-electron chi connectivity index (χ3n) is 3.28. The highest BCUT2D eigenvalue weighted by Gasteiger charge is 2.19. The minimum atomic E-state index is -3.62. The Morgan fingerprint density at radius 3 is 2.43 bits per heavy atom. The Bertz CT molecular complexity index is 845. The van der Waals surface area contributed by atoms with E-state index >= 15 is 0 Å². The molecule has 0 unspecified atom stereocenters. The molecule has 2 rings (SSSR count). The lowest BCUT2D eigenvalue weighted by atomic mass is 10.2. The summed E-state index contributed by atoms with van der Waals surface area (Å²) in [4.78, 5) is 12.3. The number of phenolic OH excluding ortho intramolecular Hbond substituents is 1. The molecule has 2 aromatic rings. The predicted molar refractivity (Wildman–Crippen MR) is 88.1 cm³/mol. The first-order valence-corrected chi connectivity index (χ1v) is 8.29. The average Bonchev–Trinajstić information content (AvgIpc) is 2.50. The second-order valence-electron chi connectivity index (χ2n) is 5.29. The van der Waals surface area contributed by atoms with E-state index in [-0.39, 0.29) is 21.9 Å². The molecule has 0 heterocycles. The lowest BCUT2D eigenvalue weighted by Gasteiger charge is -2.12. The Labute approximate surface area is 135 Å².